The molecule has 3 atom stereocenters. The van der Waals surface area contributed by atoms with Gasteiger partial charge in [-0.3, -0.25) is 4.90 Å². The average molecular weight is 307 g/mol. The van der Waals surface area contributed by atoms with Gasteiger partial charge in [-0.2, -0.15) is 0 Å². The molecule has 2 rings (SSSR count). The molecule has 0 aliphatic rings. The monoisotopic (exact) mass is 307 g/mol. The van der Waals surface area contributed by atoms with Crippen molar-refractivity contribution in [1.82, 2.24) is 4.90 Å². The molecule has 1 nitrogen and oxygen atoms in total. The van der Waals surface area contributed by atoms with Crippen molar-refractivity contribution in [3.63, 3.8) is 0 Å². The van der Waals surface area contributed by atoms with Crippen molar-refractivity contribution in [3.05, 3.63) is 84.4 Å². The molecule has 0 aliphatic heterocycles. The summed E-state index contributed by atoms with van der Waals surface area (Å²) >= 11 is 0. The molecule has 0 radical (unpaired) electrons. The molecule has 0 spiro atoms. The Morgan fingerprint density at radius 2 is 1.26 bits per heavy atom. The molecule has 122 valence electrons. The third-order valence-corrected chi connectivity index (χ3v) is 4.99. The molecule has 0 aromatic heterocycles. The molecule has 0 saturated heterocycles. The summed E-state index contributed by atoms with van der Waals surface area (Å²) in [6.45, 7) is 12.9. The fourth-order valence-electron chi connectivity index (χ4n) is 2.97. The summed E-state index contributed by atoms with van der Waals surface area (Å²) in [5, 5.41) is 0. The number of nitrogens with zero attached hydrogens (tertiary/aromatic N) is 1. The fourth-order valence-corrected chi connectivity index (χ4v) is 2.97. The third-order valence-electron chi connectivity index (χ3n) is 4.99. The highest BCUT2D eigenvalue weighted by Gasteiger charge is 2.23. The second-order valence-electron chi connectivity index (χ2n) is 6.57. The van der Waals surface area contributed by atoms with Crippen LogP contribution in [0.4, 0.5) is 0 Å². The first kappa shape index (κ1) is 17.5. The second-order valence-corrected chi connectivity index (χ2v) is 6.57. The molecule has 0 saturated carbocycles. The van der Waals surface area contributed by atoms with Crippen LogP contribution < -0.4 is 0 Å². The lowest BCUT2D eigenvalue weighted by atomic mass is 9.88. The van der Waals surface area contributed by atoms with Crippen molar-refractivity contribution < 1.29 is 0 Å². The van der Waals surface area contributed by atoms with Gasteiger partial charge in [0.05, 0.1) is 0 Å². The van der Waals surface area contributed by atoms with Gasteiger partial charge in [0, 0.05) is 19.1 Å². The third kappa shape index (κ3) is 5.07. The lowest BCUT2D eigenvalue weighted by molar-refractivity contribution is 0.128. The average Bonchev–Trinajstić information content (AvgIpc) is 2.61. The van der Waals surface area contributed by atoms with E-state index in [1.807, 2.05) is 0 Å². The molecule has 0 heterocycles. The van der Waals surface area contributed by atoms with Crippen LogP contribution in [0.25, 0.3) is 0 Å². The minimum absolute atomic E-state index is 0.489. The molecule has 2 aromatic rings. The molecule has 1 heteroatoms. The van der Waals surface area contributed by atoms with Crippen LogP contribution >= 0.6 is 0 Å². The predicted molar refractivity (Wildman–Crippen MR) is 100 cm³/mol. The topological polar surface area (TPSA) is 3.24 Å². The number of benzene rings is 2. The summed E-state index contributed by atoms with van der Waals surface area (Å²) in [5.41, 5.74) is 2.74. The number of hydrogen-bond donors (Lipinski definition) is 0. The van der Waals surface area contributed by atoms with E-state index in [-0.39, 0.29) is 0 Å². The quantitative estimate of drug-likeness (QED) is 0.579. The standard InChI is InChI=1S/C22H29N/c1-5-18(2)19(3)20(4)23(16-21-12-8-6-9-13-21)17-22-14-10-7-11-15-22/h5-15,18-20H,1,16-17H2,2-4H3/t18-,19-,20-/m0/s1. The zero-order chi connectivity index (χ0) is 16.7. The smallest absolute Gasteiger partial charge is 0.0240 e. The van der Waals surface area contributed by atoms with Gasteiger partial charge < -0.3 is 0 Å². The summed E-state index contributed by atoms with van der Waals surface area (Å²) < 4.78 is 0. The molecule has 0 fully saturated rings. The summed E-state index contributed by atoms with van der Waals surface area (Å²) in [7, 11) is 0. The van der Waals surface area contributed by atoms with Gasteiger partial charge in [-0.25, -0.2) is 0 Å². The minimum Gasteiger partial charge on any atom is -0.292 e. The lowest BCUT2D eigenvalue weighted by Crippen LogP contribution is -2.38. The number of rotatable bonds is 8. The molecule has 0 amide bonds. The van der Waals surface area contributed by atoms with E-state index >= 15 is 0 Å². The molecular formula is C22H29N. The van der Waals surface area contributed by atoms with Crippen LogP contribution in [0.3, 0.4) is 0 Å². The van der Waals surface area contributed by atoms with Crippen LogP contribution in [-0.2, 0) is 13.1 Å². The Labute approximate surface area is 141 Å². The largest absolute Gasteiger partial charge is 0.292 e. The van der Waals surface area contributed by atoms with Gasteiger partial charge >= 0.3 is 0 Å². The Bertz CT molecular complexity index is 534. The molecule has 0 N–H and O–H groups in total. The van der Waals surface area contributed by atoms with Crippen LogP contribution in [0.5, 0.6) is 0 Å². The van der Waals surface area contributed by atoms with Gasteiger partial charge in [0.2, 0.25) is 0 Å². The lowest BCUT2D eigenvalue weighted by Gasteiger charge is -2.35. The maximum atomic E-state index is 3.97. The number of hydrogen-bond acceptors (Lipinski definition) is 1. The zero-order valence-corrected chi connectivity index (χ0v) is 14.7. The van der Waals surface area contributed by atoms with Crippen molar-refractivity contribution >= 4 is 0 Å². The highest BCUT2D eigenvalue weighted by Crippen LogP contribution is 2.24. The second kappa shape index (κ2) is 8.69. The Hall–Kier alpha value is -1.86. The van der Waals surface area contributed by atoms with E-state index in [1.165, 1.54) is 11.1 Å². The van der Waals surface area contributed by atoms with E-state index in [9.17, 15) is 0 Å². The normalized spacial score (nSPS) is 15.1. The van der Waals surface area contributed by atoms with Crippen LogP contribution in [0.15, 0.2) is 73.3 Å². The molecule has 0 bridgehead atoms. The summed E-state index contributed by atoms with van der Waals surface area (Å²) in [6, 6.07) is 22.0. The van der Waals surface area contributed by atoms with E-state index < -0.39 is 0 Å². The van der Waals surface area contributed by atoms with Gasteiger partial charge in [-0.15, -0.1) is 6.58 Å². The first-order chi connectivity index (χ1) is 11.1. The first-order valence-electron chi connectivity index (χ1n) is 8.56. The van der Waals surface area contributed by atoms with Crippen LogP contribution in [0, 0.1) is 11.8 Å². The van der Waals surface area contributed by atoms with E-state index in [4.69, 9.17) is 0 Å². The van der Waals surface area contributed by atoms with Gasteiger partial charge in [-0.05, 0) is 29.9 Å². The minimum atomic E-state index is 0.489. The van der Waals surface area contributed by atoms with E-state index in [0.29, 0.717) is 17.9 Å². The maximum Gasteiger partial charge on any atom is 0.0240 e. The van der Waals surface area contributed by atoms with Crippen LogP contribution in [0.2, 0.25) is 0 Å². The molecule has 0 aliphatic carbocycles. The Kier molecular flexibility index (Phi) is 6.61. The van der Waals surface area contributed by atoms with Gasteiger partial charge in [0.25, 0.3) is 0 Å². The molecule has 2 aromatic carbocycles. The van der Waals surface area contributed by atoms with Crippen molar-refractivity contribution in [1.29, 1.82) is 0 Å². The predicted octanol–water partition coefficient (Wildman–Crippen LogP) is 5.54. The van der Waals surface area contributed by atoms with E-state index in [2.05, 4.69) is 99.0 Å². The Balaban J connectivity index is 2.18. The maximum absolute atomic E-state index is 3.97. The molecule has 23 heavy (non-hydrogen) atoms. The van der Waals surface area contributed by atoms with Crippen molar-refractivity contribution in [2.24, 2.45) is 11.8 Å². The fraction of sp³-hybridized carbons (Fsp3) is 0.364. The van der Waals surface area contributed by atoms with Crippen LogP contribution in [-0.4, -0.2) is 10.9 Å². The SMILES string of the molecule is C=C[C@H](C)[C@H](C)[C@H](C)N(Cc1ccccc1)Cc1ccccc1. The molecular weight excluding hydrogens is 278 g/mol. The zero-order valence-electron chi connectivity index (χ0n) is 14.7. The number of allylic oxidation sites excluding steroid dienone is 1. The van der Waals surface area contributed by atoms with Gasteiger partial charge in [0.1, 0.15) is 0 Å². The van der Waals surface area contributed by atoms with Gasteiger partial charge in [0.15, 0.2) is 0 Å². The van der Waals surface area contributed by atoms with Crippen molar-refractivity contribution in [2.75, 3.05) is 0 Å². The van der Waals surface area contributed by atoms with Crippen molar-refractivity contribution in [2.45, 2.75) is 39.9 Å². The Morgan fingerprint density at radius 1 is 0.826 bits per heavy atom. The first-order valence-corrected chi connectivity index (χ1v) is 8.56. The van der Waals surface area contributed by atoms with Crippen LogP contribution in [0.1, 0.15) is 31.9 Å². The highest BCUT2D eigenvalue weighted by atomic mass is 15.2. The molecule has 0 unspecified atom stereocenters. The van der Waals surface area contributed by atoms with Crippen molar-refractivity contribution in [3.8, 4) is 0 Å². The van der Waals surface area contributed by atoms with Gasteiger partial charge in [-0.1, -0.05) is 80.6 Å². The van der Waals surface area contributed by atoms with E-state index in [1.54, 1.807) is 0 Å². The van der Waals surface area contributed by atoms with E-state index in [0.717, 1.165) is 13.1 Å². The summed E-state index contributed by atoms with van der Waals surface area (Å²) in [5.74, 6) is 1.08. The summed E-state index contributed by atoms with van der Waals surface area (Å²) in [4.78, 5) is 2.58. The Morgan fingerprint density at radius 3 is 1.65 bits per heavy atom. The highest BCUT2D eigenvalue weighted by molar-refractivity contribution is 5.17. The summed E-state index contributed by atoms with van der Waals surface area (Å²) in [6.07, 6.45) is 2.07.